The van der Waals surface area contributed by atoms with Crippen molar-refractivity contribution in [2.45, 2.75) is 18.6 Å². The second-order valence-corrected chi connectivity index (χ2v) is 7.06. The molecule has 4 nitrogen and oxygen atoms in total. The van der Waals surface area contributed by atoms with E-state index in [1.807, 2.05) is 16.7 Å². The number of amides is 1. The Labute approximate surface area is 124 Å². The largest absolute Gasteiger partial charge is 0.336 e. The summed E-state index contributed by atoms with van der Waals surface area (Å²) in [7, 11) is 0. The third-order valence-corrected chi connectivity index (χ3v) is 4.39. The number of carbonyl (C=O) groups excluding carboxylic acids is 1. The van der Waals surface area contributed by atoms with E-state index >= 15 is 0 Å². The van der Waals surface area contributed by atoms with Crippen molar-refractivity contribution < 1.29 is 4.79 Å². The van der Waals surface area contributed by atoms with Crippen LogP contribution in [0.1, 0.15) is 29.8 Å². The second-order valence-electron chi connectivity index (χ2n) is 5.26. The Hall–Kier alpha value is -1.51. The molecule has 20 heavy (non-hydrogen) atoms. The molecule has 2 heterocycles. The molecule has 1 aromatic heterocycles. The van der Waals surface area contributed by atoms with Crippen LogP contribution in [0.2, 0.25) is 0 Å². The van der Waals surface area contributed by atoms with Gasteiger partial charge in [0.25, 0.3) is 5.91 Å². The number of nitrogens with two attached hydrogens (primary N) is 1. The third-order valence-electron chi connectivity index (χ3n) is 3.09. The summed E-state index contributed by atoms with van der Waals surface area (Å²) in [6, 6.07) is 1.73. The van der Waals surface area contributed by atoms with Crippen LogP contribution in [0.3, 0.4) is 0 Å². The predicted molar refractivity (Wildman–Crippen MR) is 82.6 cm³/mol. The van der Waals surface area contributed by atoms with Crippen molar-refractivity contribution in [3.8, 4) is 11.8 Å². The monoisotopic (exact) mass is 289 g/mol. The first-order valence-electron chi connectivity index (χ1n) is 6.60. The summed E-state index contributed by atoms with van der Waals surface area (Å²) in [5.74, 6) is 6.70. The maximum atomic E-state index is 12.7. The molecular formula is C15H19N3OS. The molecule has 106 valence electrons. The van der Waals surface area contributed by atoms with Gasteiger partial charge in [-0.2, -0.15) is 11.8 Å². The number of carbonyl (C=O) groups is 1. The highest BCUT2D eigenvalue weighted by Crippen LogP contribution is 2.30. The molecular weight excluding hydrogens is 270 g/mol. The molecule has 1 amide bonds. The van der Waals surface area contributed by atoms with Crippen molar-refractivity contribution in [3.63, 3.8) is 0 Å². The van der Waals surface area contributed by atoms with Crippen LogP contribution in [-0.2, 0) is 0 Å². The molecule has 1 aromatic rings. The lowest BCUT2D eigenvalue weighted by atomic mass is 10.1. The SMILES string of the molecule is CC1(C)CN(C(=O)c2ccncc2C#CCN)CCS1. The molecule has 2 rings (SSSR count). The van der Waals surface area contributed by atoms with Crippen LogP contribution in [0, 0.1) is 11.8 Å². The van der Waals surface area contributed by atoms with Crippen molar-refractivity contribution in [2.75, 3.05) is 25.4 Å². The third kappa shape index (κ3) is 3.53. The lowest BCUT2D eigenvalue weighted by Gasteiger charge is -2.37. The number of pyridine rings is 1. The molecule has 0 radical (unpaired) electrons. The second kappa shape index (κ2) is 6.29. The molecule has 0 spiro atoms. The fourth-order valence-corrected chi connectivity index (χ4v) is 3.30. The van der Waals surface area contributed by atoms with Crippen LogP contribution in [0.4, 0.5) is 0 Å². The Balaban J connectivity index is 2.25. The van der Waals surface area contributed by atoms with E-state index in [1.54, 1.807) is 18.5 Å². The summed E-state index contributed by atoms with van der Waals surface area (Å²) in [5, 5.41) is 0. The Morgan fingerprint density at radius 3 is 3.10 bits per heavy atom. The fourth-order valence-electron chi connectivity index (χ4n) is 2.19. The van der Waals surface area contributed by atoms with E-state index in [0.717, 1.165) is 18.8 Å². The molecule has 1 fully saturated rings. The zero-order valence-electron chi connectivity index (χ0n) is 11.8. The maximum Gasteiger partial charge on any atom is 0.255 e. The highest BCUT2D eigenvalue weighted by molar-refractivity contribution is 8.00. The van der Waals surface area contributed by atoms with Crippen LogP contribution in [0.5, 0.6) is 0 Å². The van der Waals surface area contributed by atoms with Crippen molar-refractivity contribution in [1.82, 2.24) is 9.88 Å². The Kier molecular flexibility index (Phi) is 4.69. The van der Waals surface area contributed by atoms with Gasteiger partial charge in [0.1, 0.15) is 0 Å². The number of thioether (sulfide) groups is 1. The van der Waals surface area contributed by atoms with Gasteiger partial charge in [0.15, 0.2) is 0 Å². The quantitative estimate of drug-likeness (QED) is 0.793. The molecule has 0 atom stereocenters. The lowest BCUT2D eigenvalue weighted by molar-refractivity contribution is 0.0747. The molecule has 0 saturated carbocycles. The Morgan fingerprint density at radius 2 is 2.40 bits per heavy atom. The highest BCUT2D eigenvalue weighted by atomic mass is 32.2. The van der Waals surface area contributed by atoms with Crippen LogP contribution in [-0.4, -0.2) is 45.9 Å². The van der Waals surface area contributed by atoms with E-state index in [0.29, 0.717) is 11.1 Å². The van der Waals surface area contributed by atoms with Crippen LogP contribution in [0.25, 0.3) is 0 Å². The number of rotatable bonds is 1. The summed E-state index contributed by atoms with van der Waals surface area (Å²) in [6.45, 7) is 6.13. The summed E-state index contributed by atoms with van der Waals surface area (Å²) >= 11 is 1.90. The molecule has 0 bridgehead atoms. The van der Waals surface area contributed by atoms with Gasteiger partial charge in [-0.05, 0) is 19.9 Å². The van der Waals surface area contributed by atoms with Gasteiger partial charge in [-0.3, -0.25) is 9.78 Å². The molecule has 0 aliphatic carbocycles. The molecule has 2 N–H and O–H groups in total. The van der Waals surface area contributed by atoms with Crippen molar-refractivity contribution >= 4 is 17.7 Å². The van der Waals surface area contributed by atoms with E-state index < -0.39 is 0 Å². The van der Waals surface area contributed by atoms with E-state index in [-0.39, 0.29) is 17.2 Å². The minimum Gasteiger partial charge on any atom is -0.336 e. The lowest BCUT2D eigenvalue weighted by Crippen LogP contribution is -2.46. The number of aromatic nitrogens is 1. The summed E-state index contributed by atoms with van der Waals surface area (Å²) in [5.41, 5.74) is 6.66. The molecule has 0 unspecified atom stereocenters. The normalized spacial score (nSPS) is 17.2. The predicted octanol–water partition coefficient (Wildman–Crippen LogP) is 1.36. The Bertz CT molecular complexity index is 560. The van der Waals surface area contributed by atoms with Gasteiger partial charge in [0.05, 0.1) is 17.7 Å². The minimum absolute atomic E-state index is 0.0297. The number of hydrogen-bond acceptors (Lipinski definition) is 4. The molecule has 1 aliphatic rings. The van der Waals surface area contributed by atoms with Crippen LogP contribution >= 0.6 is 11.8 Å². The molecule has 1 aliphatic heterocycles. The van der Waals surface area contributed by atoms with Gasteiger partial charge in [0.2, 0.25) is 0 Å². The van der Waals surface area contributed by atoms with E-state index in [4.69, 9.17) is 5.73 Å². The van der Waals surface area contributed by atoms with Gasteiger partial charge in [-0.15, -0.1) is 0 Å². The standard InChI is InChI=1S/C15H19N3OS/c1-15(2)11-18(8-9-20-15)14(19)13-5-7-17-10-12(13)4-3-6-16/h5,7,10H,6,8-9,11,16H2,1-2H3. The van der Waals surface area contributed by atoms with Crippen LogP contribution in [0.15, 0.2) is 18.5 Å². The zero-order chi connectivity index (χ0) is 14.6. The summed E-state index contributed by atoms with van der Waals surface area (Å²) < 4.78 is 0.101. The van der Waals surface area contributed by atoms with E-state index in [1.165, 1.54) is 0 Å². The van der Waals surface area contributed by atoms with Crippen LogP contribution < -0.4 is 5.73 Å². The van der Waals surface area contributed by atoms with Gasteiger partial charge >= 0.3 is 0 Å². The molecule has 5 heteroatoms. The first kappa shape index (κ1) is 14.9. The van der Waals surface area contributed by atoms with E-state index in [9.17, 15) is 4.79 Å². The molecule has 0 aromatic carbocycles. The number of hydrogen-bond donors (Lipinski definition) is 1. The summed E-state index contributed by atoms with van der Waals surface area (Å²) in [6.07, 6.45) is 3.25. The first-order chi connectivity index (χ1) is 9.53. The summed E-state index contributed by atoms with van der Waals surface area (Å²) in [4.78, 5) is 18.6. The van der Waals surface area contributed by atoms with Gasteiger partial charge < -0.3 is 10.6 Å². The van der Waals surface area contributed by atoms with Crippen molar-refractivity contribution in [2.24, 2.45) is 5.73 Å². The maximum absolute atomic E-state index is 12.7. The zero-order valence-corrected chi connectivity index (χ0v) is 12.7. The molecule has 1 saturated heterocycles. The smallest absolute Gasteiger partial charge is 0.255 e. The van der Waals surface area contributed by atoms with Gasteiger partial charge in [0, 0.05) is 36.0 Å². The first-order valence-corrected chi connectivity index (χ1v) is 7.58. The highest BCUT2D eigenvalue weighted by Gasteiger charge is 2.30. The topological polar surface area (TPSA) is 59.2 Å². The van der Waals surface area contributed by atoms with Gasteiger partial charge in [-0.1, -0.05) is 11.8 Å². The average Bonchev–Trinajstić information content (AvgIpc) is 2.43. The Morgan fingerprint density at radius 1 is 1.60 bits per heavy atom. The van der Waals surface area contributed by atoms with Gasteiger partial charge in [-0.25, -0.2) is 0 Å². The average molecular weight is 289 g/mol. The fraction of sp³-hybridized carbons (Fsp3) is 0.467. The minimum atomic E-state index is 0.0297. The van der Waals surface area contributed by atoms with Crippen molar-refractivity contribution in [1.29, 1.82) is 0 Å². The van der Waals surface area contributed by atoms with Crippen molar-refractivity contribution in [3.05, 3.63) is 29.6 Å². The van der Waals surface area contributed by atoms with E-state index in [2.05, 4.69) is 30.7 Å². The number of nitrogens with zero attached hydrogens (tertiary/aromatic N) is 2.